The van der Waals surface area contributed by atoms with Crippen molar-refractivity contribution in [2.75, 3.05) is 62.8 Å². The first-order valence-electron chi connectivity index (χ1n) is 27.0. The molecule has 0 radical (unpaired) electrons. The van der Waals surface area contributed by atoms with Crippen molar-refractivity contribution in [1.82, 2.24) is 40.8 Å². The lowest BCUT2D eigenvalue weighted by molar-refractivity contribution is -0.129. The average molecular weight is 1100 g/mol. The Morgan fingerprint density at radius 2 is 1.57 bits per heavy atom. The van der Waals surface area contributed by atoms with Crippen LogP contribution in [0.2, 0.25) is 5.02 Å². The maximum absolute atomic E-state index is 15.1. The van der Waals surface area contributed by atoms with Crippen molar-refractivity contribution in [2.24, 2.45) is 0 Å². The van der Waals surface area contributed by atoms with Gasteiger partial charge < -0.3 is 50.3 Å². The molecule has 0 saturated carbocycles. The predicted molar refractivity (Wildman–Crippen MR) is 308 cm³/mol. The molecule has 1 fully saturated rings. The van der Waals surface area contributed by atoms with Gasteiger partial charge in [-0.2, -0.15) is 0 Å². The van der Waals surface area contributed by atoms with Crippen LogP contribution in [0.15, 0.2) is 128 Å². The van der Waals surface area contributed by atoms with E-state index >= 15 is 4.79 Å². The highest BCUT2D eigenvalue weighted by atomic mass is 35.5. The largest absolute Gasteiger partial charge is 0.448 e. The predicted octanol–water partition coefficient (Wildman–Crippen LogP) is 10.0. The van der Waals surface area contributed by atoms with Crippen LogP contribution in [-0.4, -0.2) is 118 Å². The maximum Gasteiger partial charge on any atom is 0.409 e. The number of nitrogens with zero attached hydrogens (tertiary/aromatic N) is 5. The molecule has 1 saturated heterocycles. The number of benzene rings is 4. The fourth-order valence-electron chi connectivity index (χ4n) is 10.4. The third-order valence-electron chi connectivity index (χ3n) is 14.4. The number of fused-ring (bicyclic) bond motifs is 4. The third-order valence-corrected chi connectivity index (χ3v) is 14.7. The Balaban J connectivity index is 0.905. The molecule has 0 unspecified atom stereocenters. The Bertz CT molecular complexity index is 3310. The number of H-pyrrole nitrogens is 1. The number of alkyl carbamates (subject to hydrolysis) is 1. The number of aromatic nitrogens is 4. The van der Waals surface area contributed by atoms with Gasteiger partial charge in [0.1, 0.15) is 35.5 Å². The number of halogens is 1. The molecule has 18 nitrogen and oxygen atoms in total. The van der Waals surface area contributed by atoms with Crippen LogP contribution >= 0.6 is 11.6 Å². The number of amides is 5. The van der Waals surface area contributed by atoms with E-state index in [4.69, 9.17) is 25.8 Å². The van der Waals surface area contributed by atoms with Gasteiger partial charge in [-0.25, -0.2) is 24.5 Å². The summed E-state index contributed by atoms with van der Waals surface area (Å²) in [4.78, 5) is 89.1. The lowest BCUT2D eigenvalue weighted by Gasteiger charge is -2.42. The Labute approximate surface area is 470 Å². The molecule has 1 aliphatic carbocycles. The summed E-state index contributed by atoms with van der Waals surface area (Å²) in [6, 6.07) is 34.3. The van der Waals surface area contributed by atoms with E-state index in [0.29, 0.717) is 29.6 Å². The SMILES string of the molecule is CCc1cccc(-c2cnc(C(=O)NCCOCCN(CC[C@H](NC(=O)C3(NC(=O)OC(C)(C)C)CCN(c4ncnc5[nH]ccc45)CC3)c3ccc(Cl)cc3)C(=O)OCC3c4ccccc4-c4ccccc43)c(NC(C)=O)c2)c1. The zero-order chi connectivity index (χ0) is 56.4. The van der Waals surface area contributed by atoms with Gasteiger partial charge in [0.05, 0.1) is 30.3 Å². The third kappa shape index (κ3) is 13.5. The molecule has 80 heavy (non-hydrogen) atoms. The number of carbonyl (C=O) groups excluding carboxylic acids is 5. The highest BCUT2D eigenvalue weighted by Gasteiger charge is 2.45. The number of carbonyl (C=O) groups is 5. The van der Waals surface area contributed by atoms with Crippen molar-refractivity contribution in [1.29, 1.82) is 0 Å². The van der Waals surface area contributed by atoms with Gasteiger partial charge in [-0.15, -0.1) is 0 Å². The average Bonchev–Trinajstić information content (AvgIpc) is 4.06. The van der Waals surface area contributed by atoms with Gasteiger partial charge in [0.15, 0.2) is 5.69 Å². The number of aromatic amines is 1. The van der Waals surface area contributed by atoms with E-state index in [0.717, 1.165) is 56.3 Å². The molecule has 4 heterocycles. The second kappa shape index (κ2) is 25.2. The van der Waals surface area contributed by atoms with Crippen LogP contribution in [0.4, 0.5) is 21.1 Å². The fourth-order valence-corrected chi connectivity index (χ4v) is 10.5. The van der Waals surface area contributed by atoms with E-state index in [1.54, 1.807) is 56.3 Å². The molecule has 19 heteroatoms. The number of nitrogens with one attached hydrogen (secondary N) is 5. The van der Waals surface area contributed by atoms with Gasteiger partial charge in [0.2, 0.25) is 11.8 Å². The van der Waals surface area contributed by atoms with Crippen molar-refractivity contribution < 1.29 is 38.2 Å². The second-order valence-electron chi connectivity index (χ2n) is 21.0. The van der Waals surface area contributed by atoms with E-state index in [1.165, 1.54) is 13.3 Å². The van der Waals surface area contributed by atoms with Crippen molar-refractivity contribution >= 4 is 64.0 Å². The summed E-state index contributed by atoms with van der Waals surface area (Å²) in [6.07, 6.45) is 5.11. The van der Waals surface area contributed by atoms with Crippen molar-refractivity contribution in [3.63, 3.8) is 0 Å². The molecule has 9 rings (SSSR count). The van der Waals surface area contributed by atoms with Crippen LogP contribution in [0, 0.1) is 0 Å². The number of pyridine rings is 1. The minimum Gasteiger partial charge on any atom is -0.448 e. The zero-order valence-electron chi connectivity index (χ0n) is 45.6. The maximum atomic E-state index is 15.1. The number of hydrogen-bond donors (Lipinski definition) is 5. The molecule has 7 aromatic rings. The highest BCUT2D eigenvalue weighted by Crippen LogP contribution is 2.44. The monoisotopic (exact) mass is 1100 g/mol. The summed E-state index contributed by atoms with van der Waals surface area (Å²) in [5.41, 5.74) is 6.64. The van der Waals surface area contributed by atoms with Crippen LogP contribution in [0.5, 0.6) is 0 Å². The smallest absolute Gasteiger partial charge is 0.409 e. The van der Waals surface area contributed by atoms with Gasteiger partial charge in [-0.3, -0.25) is 14.4 Å². The molecule has 2 aliphatic rings. The lowest BCUT2D eigenvalue weighted by atomic mass is 9.85. The highest BCUT2D eigenvalue weighted by molar-refractivity contribution is 6.30. The summed E-state index contributed by atoms with van der Waals surface area (Å²) in [6.45, 7) is 10.0. The van der Waals surface area contributed by atoms with Gasteiger partial charge in [-0.1, -0.05) is 103 Å². The van der Waals surface area contributed by atoms with E-state index < -0.39 is 41.2 Å². The first-order valence-corrected chi connectivity index (χ1v) is 27.4. The van der Waals surface area contributed by atoms with Crippen LogP contribution in [0.1, 0.15) is 98.6 Å². The number of piperidine rings is 1. The van der Waals surface area contributed by atoms with Crippen molar-refractivity contribution in [3.8, 4) is 22.3 Å². The number of aryl methyl sites for hydroxylation is 1. The van der Waals surface area contributed by atoms with Crippen molar-refractivity contribution in [2.45, 2.75) is 83.4 Å². The molecule has 5 amide bonds. The van der Waals surface area contributed by atoms with Crippen molar-refractivity contribution in [3.05, 3.63) is 161 Å². The summed E-state index contributed by atoms with van der Waals surface area (Å²) < 4.78 is 18.0. The van der Waals surface area contributed by atoms with Crippen LogP contribution in [0.3, 0.4) is 0 Å². The summed E-state index contributed by atoms with van der Waals surface area (Å²) in [5.74, 6) is -0.748. The van der Waals surface area contributed by atoms with Gasteiger partial charge in [0.25, 0.3) is 5.91 Å². The zero-order valence-corrected chi connectivity index (χ0v) is 46.4. The molecule has 3 aromatic heterocycles. The quantitative estimate of drug-likeness (QED) is 0.0450. The van der Waals surface area contributed by atoms with Crippen LogP contribution in [-0.2, 0) is 30.2 Å². The topological polar surface area (TPSA) is 222 Å². The Morgan fingerprint density at radius 1 is 0.850 bits per heavy atom. The second-order valence-corrected chi connectivity index (χ2v) is 21.5. The molecule has 1 atom stereocenters. The fraction of sp³-hybridized carbons (Fsp3) is 0.344. The molecule has 416 valence electrons. The molecular formula is C61H67ClN10O8. The lowest BCUT2D eigenvalue weighted by Crippen LogP contribution is -2.64. The summed E-state index contributed by atoms with van der Waals surface area (Å²) >= 11 is 6.40. The molecule has 4 aromatic carbocycles. The molecule has 0 bridgehead atoms. The van der Waals surface area contributed by atoms with E-state index in [-0.39, 0.29) is 81.9 Å². The van der Waals surface area contributed by atoms with Gasteiger partial charge in [-0.05, 0) is 110 Å². The molecule has 1 aliphatic heterocycles. The minimum atomic E-state index is -1.39. The molecule has 5 N–H and O–H groups in total. The Morgan fingerprint density at radius 3 is 2.27 bits per heavy atom. The standard InChI is InChI=1S/C61H67ClN10O8/c1-6-40-12-11-13-42(34-40)43-35-52(68-39(2)73)53(65-36-43)56(74)64-27-32-78-33-31-72(59(77)79-37-50-47-16-9-7-14-45(47)46-15-8-10-17-48(46)50)28-23-51(41-18-20-44(62)21-19-41)69-57(75)61(70-58(76)80-60(3,4)5)24-29-71(30-25-61)55-49-22-26-63-54(49)66-38-67-55/h7-22,26,34-36,38,50-51H,6,23-25,27-33,37H2,1-5H3,(H,64,74)(H,68,73)(H,69,75)(H,70,76)(H,63,66,67)/t51-/m0/s1. The first-order chi connectivity index (χ1) is 38.6. The Hall–Kier alpha value is -8.35. The molecule has 0 spiro atoms. The number of hydrogen-bond acceptors (Lipinski definition) is 12. The number of rotatable bonds is 20. The van der Waals surface area contributed by atoms with Crippen LogP contribution < -0.4 is 26.2 Å². The number of anilines is 2. The Kier molecular flexibility index (Phi) is 17.7. The first kappa shape index (κ1) is 56.4. The summed E-state index contributed by atoms with van der Waals surface area (Å²) in [7, 11) is 0. The van der Waals surface area contributed by atoms with Gasteiger partial charge >= 0.3 is 12.2 Å². The van der Waals surface area contributed by atoms with Gasteiger partial charge in [0, 0.05) is 68.5 Å². The summed E-state index contributed by atoms with van der Waals surface area (Å²) in [5, 5.41) is 13.2. The molecular weight excluding hydrogens is 1040 g/mol. The normalized spacial score (nSPS) is 14.1. The van der Waals surface area contributed by atoms with E-state index in [1.807, 2.05) is 66.7 Å². The number of ether oxygens (including phenoxy) is 3. The van der Waals surface area contributed by atoms with E-state index in [2.05, 4.69) is 77.3 Å². The minimum absolute atomic E-state index is 0.0527. The van der Waals surface area contributed by atoms with E-state index in [9.17, 15) is 19.2 Å². The van der Waals surface area contributed by atoms with Crippen LogP contribution in [0.25, 0.3) is 33.3 Å².